The Labute approximate surface area is 139 Å². The molecule has 0 bridgehead atoms. The van der Waals surface area contributed by atoms with Crippen molar-refractivity contribution in [2.75, 3.05) is 19.4 Å². The molecule has 2 N–H and O–H groups in total. The van der Waals surface area contributed by atoms with Crippen LogP contribution in [-0.4, -0.2) is 35.9 Å². The van der Waals surface area contributed by atoms with Crippen molar-refractivity contribution in [1.82, 2.24) is 15.2 Å². The first-order valence-corrected chi connectivity index (χ1v) is 7.30. The zero-order valence-corrected chi connectivity index (χ0v) is 13.6. The van der Waals surface area contributed by atoms with Crippen LogP contribution >= 0.6 is 11.6 Å². The molecule has 7 heteroatoms. The summed E-state index contributed by atoms with van der Waals surface area (Å²) in [5.74, 6) is -0.269. The third-order valence-electron chi connectivity index (χ3n) is 2.99. The number of rotatable bonds is 4. The van der Waals surface area contributed by atoms with Gasteiger partial charge >= 0.3 is 6.03 Å². The Hall–Kier alpha value is -2.60. The van der Waals surface area contributed by atoms with Crippen molar-refractivity contribution in [3.63, 3.8) is 0 Å². The van der Waals surface area contributed by atoms with Crippen LogP contribution < -0.4 is 10.6 Å². The Balaban J connectivity index is 2.04. The zero-order chi connectivity index (χ0) is 16.8. The molecule has 0 aliphatic heterocycles. The zero-order valence-electron chi connectivity index (χ0n) is 12.8. The molecule has 2 aromatic rings. The first-order chi connectivity index (χ1) is 11.0. The van der Waals surface area contributed by atoms with Crippen LogP contribution in [0.2, 0.25) is 5.02 Å². The van der Waals surface area contributed by atoms with E-state index in [0.717, 1.165) is 0 Å². The fraction of sp³-hybridized carbons (Fsp3) is 0.188. The largest absolute Gasteiger partial charge is 0.332 e. The van der Waals surface area contributed by atoms with E-state index < -0.39 is 0 Å². The minimum Gasteiger partial charge on any atom is -0.332 e. The molecule has 0 unspecified atom stereocenters. The molecule has 0 radical (unpaired) electrons. The van der Waals surface area contributed by atoms with Gasteiger partial charge in [0.2, 0.25) is 0 Å². The van der Waals surface area contributed by atoms with Gasteiger partial charge in [-0.1, -0.05) is 17.7 Å². The second kappa shape index (κ2) is 7.60. The second-order valence-electron chi connectivity index (χ2n) is 5.05. The molecule has 1 aromatic carbocycles. The summed E-state index contributed by atoms with van der Waals surface area (Å²) in [5, 5.41) is 6.01. The molecule has 0 atom stereocenters. The number of nitrogens with one attached hydrogen (secondary N) is 2. The molecule has 0 saturated carbocycles. The summed E-state index contributed by atoms with van der Waals surface area (Å²) < 4.78 is 0. The molecule has 3 amide bonds. The summed E-state index contributed by atoms with van der Waals surface area (Å²) in [6.45, 7) is 0.245. The van der Waals surface area contributed by atoms with Crippen molar-refractivity contribution in [1.29, 1.82) is 0 Å². The average molecular weight is 333 g/mol. The molecule has 1 heterocycles. The summed E-state index contributed by atoms with van der Waals surface area (Å²) in [4.78, 5) is 29.3. The number of urea groups is 1. The second-order valence-corrected chi connectivity index (χ2v) is 5.49. The number of hydrogen-bond donors (Lipinski definition) is 2. The quantitative estimate of drug-likeness (QED) is 0.904. The lowest BCUT2D eigenvalue weighted by atomic mass is 10.2. The molecule has 1 aromatic heterocycles. The van der Waals surface area contributed by atoms with Gasteiger partial charge in [0, 0.05) is 36.6 Å². The third kappa shape index (κ3) is 4.96. The number of halogens is 1. The predicted octanol–water partition coefficient (Wildman–Crippen LogP) is 2.76. The summed E-state index contributed by atoms with van der Waals surface area (Å²) in [6.07, 6.45) is 1.53. The maximum Gasteiger partial charge on any atom is 0.317 e. The highest BCUT2D eigenvalue weighted by Gasteiger charge is 2.09. The molecule has 0 aliphatic carbocycles. The first-order valence-electron chi connectivity index (χ1n) is 6.92. The van der Waals surface area contributed by atoms with Crippen molar-refractivity contribution >= 4 is 29.2 Å². The SMILES string of the molecule is CN(C)C(=O)NCc1cc(C(=O)Nc2cccc(Cl)c2)ccn1. The monoisotopic (exact) mass is 332 g/mol. The number of nitrogens with zero attached hydrogens (tertiary/aromatic N) is 2. The molecule has 0 spiro atoms. The van der Waals surface area contributed by atoms with Gasteiger partial charge in [-0.15, -0.1) is 0 Å². The van der Waals surface area contributed by atoms with Crippen LogP contribution in [0.3, 0.4) is 0 Å². The van der Waals surface area contributed by atoms with E-state index in [9.17, 15) is 9.59 Å². The van der Waals surface area contributed by atoms with E-state index in [1.54, 1.807) is 50.5 Å². The van der Waals surface area contributed by atoms with Crippen LogP contribution in [-0.2, 0) is 6.54 Å². The predicted molar refractivity (Wildman–Crippen MR) is 89.6 cm³/mol. The van der Waals surface area contributed by atoms with Crippen molar-refractivity contribution in [2.45, 2.75) is 6.54 Å². The standard InChI is InChI=1S/C16H17ClN4O2/c1-21(2)16(23)19-10-14-8-11(6-7-18-14)15(22)20-13-5-3-4-12(17)9-13/h3-9H,10H2,1-2H3,(H,19,23)(H,20,22). The molecule has 0 fully saturated rings. The smallest absolute Gasteiger partial charge is 0.317 e. The van der Waals surface area contributed by atoms with Gasteiger partial charge in [0.05, 0.1) is 12.2 Å². The summed E-state index contributed by atoms with van der Waals surface area (Å²) >= 11 is 5.89. The van der Waals surface area contributed by atoms with Gasteiger partial charge in [0.25, 0.3) is 5.91 Å². The van der Waals surface area contributed by atoms with Crippen LogP contribution in [0.4, 0.5) is 10.5 Å². The average Bonchev–Trinajstić information content (AvgIpc) is 2.52. The normalized spacial score (nSPS) is 10.0. The minimum absolute atomic E-state index is 0.222. The van der Waals surface area contributed by atoms with E-state index in [1.807, 2.05) is 0 Å². The first kappa shape index (κ1) is 16.8. The van der Waals surface area contributed by atoms with E-state index in [0.29, 0.717) is 22.0 Å². The lowest BCUT2D eigenvalue weighted by Crippen LogP contribution is -2.34. The minimum atomic E-state index is -0.269. The number of carbonyl (C=O) groups excluding carboxylic acids is 2. The number of benzene rings is 1. The fourth-order valence-corrected chi connectivity index (χ4v) is 2.00. The Morgan fingerprint density at radius 1 is 1.22 bits per heavy atom. The van der Waals surface area contributed by atoms with E-state index in [4.69, 9.17) is 11.6 Å². The maximum absolute atomic E-state index is 12.2. The molecule has 120 valence electrons. The van der Waals surface area contributed by atoms with Crippen molar-refractivity contribution < 1.29 is 9.59 Å². The van der Waals surface area contributed by atoms with Gasteiger partial charge in [-0.25, -0.2) is 4.79 Å². The van der Waals surface area contributed by atoms with Crippen molar-refractivity contribution in [3.05, 3.63) is 58.9 Å². The molecular formula is C16H17ClN4O2. The van der Waals surface area contributed by atoms with Crippen LogP contribution in [0.1, 0.15) is 16.1 Å². The van der Waals surface area contributed by atoms with Crippen LogP contribution in [0, 0.1) is 0 Å². The van der Waals surface area contributed by atoms with Gasteiger partial charge < -0.3 is 15.5 Å². The Morgan fingerprint density at radius 2 is 2.00 bits per heavy atom. The molecular weight excluding hydrogens is 316 g/mol. The molecule has 0 aliphatic rings. The molecule has 0 saturated heterocycles. The Morgan fingerprint density at radius 3 is 2.70 bits per heavy atom. The van der Waals surface area contributed by atoms with E-state index in [1.165, 1.54) is 11.1 Å². The highest BCUT2D eigenvalue weighted by molar-refractivity contribution is 6.30. The van der Waals surface area contributed by atoms with Gasteiger partial charge in [0.1, 0.15) is 0 Å². The lowest BCUT2D eigenvalue weighted by Gasteiger charge is -2.12. The number of anilines is 1. The number of pyridine rings is 1. The number of hydrogen-bond acceptors (Lipinski definition) is 3. The fourth-order valence-electron chi connectivity index (χ4n) is 1.81. The molecule has 2 rings (SSSR count). The van der Waals surface area contributed by atoms with Crippen LogP contribution in [0.15, 0.2) is 42.6 Å². The van der Waals surface area contributed by atoms with E-state index >= 15 is 0 Å². The number of carbonyl (C=O) groups is 2. The Kier molecular flexibility index (Phi) is 5.54. The molecule has 23 heavy (non-hydrogen) atoms. The number of amides is 3. The van der Waals surface area contributed by atoms with Gasteiger partial charge in [-0.05, 0) is 30.3 Å². The van der Waals surface area contributed by atoms with E-state index in [-0.39, 0.29) is 18.5 Å². The summed E-state index contributed by atoms with van der Waals surface area (Å²) in [7, 11) is 3.30. The van der Waals surface area contributed by atoms with Crippen LogP contribution in [0.25, 0.3) is 0 Å². The Bertz CT molecular complexity index is 719. The maximum atomic E-state index is 12.2. The topological polar surface area (TPSA) is 74.3 Å². The van der Waals surface area contributed by atoms with Gasteiger partial charge in [-0.3, -0.25) is 9.78 Å². The third-order valence-corrected chi connectivity index (χ3v) is 3.22. The van der Waals surface area contributed by atoms with Crippen molar-refractivity contribution in [3.8, 4) is 0 Å². The lowest BCUT2D eigenvalue weighted by molar-refractivity contribution is 0.102. The highest BCUT2D eigenvalue weighted by Crippen LogP contribution is 2.16. The summed E-state index contributed by atoms with van der Waals surface area (Å²) in [6, 6.07) is 9.93. The van der Waals surface area contributed by atoms with Crippen LogP contribution in [0.5, 0.6) is 0 Å². The number of aromatic nitrogens is 1. The van der Waals surface area contributed by atoms with Gasteiger partial charge in [0.15, 0.2) is 0 Å². The molecule has 6 nitrogen and oxygen atoms in total. The van der Waals surface area contributed by atoms with Gasteiger partial charge in [-0.2, -0.15) is 0 Å². The van der Waals surface area contributed by atoms with Crippen molar-refractivity contribution in [2.24, 2.45) is 0 Å². The highest BCUT2D eigenvalue weighted by atomic mass is 35.5. The van der Waals surface area contributed by atoms with E-state index in [2.05, 4.69) is 15.6 Å². The summed E-state index contributed by atoms with van der Waals surface area (Å²) in [5.41, 5.74) is 1.66.